The molecule has 3 rings (SSSR count). The minimum Gasteiger partial charge on any atom is -0.321 e. The Morgan fingerprint density at radius 3 is 2.70 bits per heavy atom. The lowest BCUT2D eigenvalue weighted by Crippen LogP contribution is -2.15. The summed E-state index contributed by atoms with van der Waals surface area (Å²) in [5.74, 6) is 0.947. The molecule has 0 fully saturated rings. The Balaban J connectivity index is 1.80. The van der Waals surface area contributed by atoms with Crippen LogP contribution < -0.4 is 5.73 Å². The molecule has 23 heavy (non-hydrogen) atoms. The monoisotopic (exact) mass is 309 g/mol. The van der Waals surface area contributed by atoms with E-state index in [0.717, 1.165) is 5.56 Å². The second kappa shape index (κ2) is 6.37. The summed E-state index contributed by atoms with van der Waals surface area (Å²) in [5, 5.41) is 17.8. The number of H-pyrrole nitrogens is 1. The summed E-state index contributed by atoms with van der Waals surface area (Å²) < 4.78 is 0. The number of nitro groups is 1. The van der Waals surface area contributed by atoms with Crippen molar-refractivity contribution in [2.24, 2.45) is 5.73 Å². The lowest BCUT2D eigenvalue weighted by atomic mass is 10.1. The van der Waals surface area contributed by atoms with Crippen LogP contribution in [-0.4, -0.2) is 20.1 Å². The van der Waals surface area contributed by atoms with Crippen LogP contribution in [0.4, 0.5) is 5.69 Å². The van der Waals surface area contributed by atoms with Gasteiger partial charge in [0.2, 0.25) is 0 Å². The number of nitrogens with two attached hydrogens (primary N) is 1. The number of rotatable bonds is 5. The van der Waals surface area contributed by atoms with Crippen LogP contribution in [0.1, 0.15) is 17.4 Å². The number of nitro benzene ring substituents is 1. The molecule has 0 saturated heterocycles. The molecule has 0 aliphatic heterocycles. The molecule has 3 N–H and O–H groups in total. The fourth-order valence-corrected chi connectivity index (χ4v) is 2.29. The number of non-ortho nitro benzene ring substituents is 1. The van der Waals surface area contributed by atoms with Crippen molar-refractivity contribution in [3.63, 3.8) is 0 Å². The first-order valence-electron chi connectivity index (χ1n) is 7.10. The van der Waals surface area contributed by atoms with Crippen molar-refractivity contribution < 1.29 is 4.92 Å². The molecule has 0 aliphatic rings. The SMILES string of the molecule is NC(Cc1ccccc1)c1nc(-c2cccc([N+](=O)[O-])c2)n[nH]1. The second-order valence-corrected chi connectivity index (χ2v) is 5.15. The molecule has 0 radical (unpaired) electrons. The van der Waals surface area contributed by atoms with Gasteiger partial charge in [-0.25, -0.2) is 4.98 Å². The molecule has 0 amide bonds. The lowest BCUT2D eigenvalue weighted by Gasteiger charge is -2.07. The zero-order valence-electron chi connectivity index (χ0n) is 12.2. The second-order valence-electron chi connectivity index (χ2n) is 5.15. The van der Waals surface area contributed by atoms with Gasteiger partial charge in [-0.2, -0.15) is 5.10 Å². The van der Waals surface area contributed by atoms with Gasteiger partial charge in [0.05, 0.1) is 11.0 Å². The fourth-order valence-electron chi connectivity index (χ4n) is 2.29. The van der Waals surface area contributed by atoms with Crippen LogP contribution in [0.3, 0.4) is 0 Å². The predicted octanol–water partition coefficient (Wildman–Crippen LogP) is 2.62. The minimum atomic E-state index is -0.446. The van der Waals surface area contributed by atoms with Gasteiger partial charge in [-0.3, -0.25) is 15.2 Å². The first-order valence-corrected chi connectivity index (χ1v) is 7.10. The molecule has 7 nitrogen and oxygen atoms in total. The minimum absolute atomic E-state index is 0.00225. The van der Waals surface area contributed by atoms with Crippen molar-refractivity contribution in [3.05, 3.63) is 76.1 Å². The zero-order valence-corrected chi connectivity index (χ0v) is 12.2. The van der Waals surface area contributed by atoms with E-state index in [1.807, 2.05) is 30.3 Å². The maximum Gasteiger partial charge on any atom is 0.270 e. The van der Waals surface area contributed by atoms with Crippen LogP contribution in [0.5, 0.6) is 0 Å². The standard InChI is InChI=1S/C16H15N5O2/c17-14(9-11-5-2-1-3-6-11)16-18-15(19-20-16)12-7-4-8-13(10-12)21(22)23/h1-8,10,14H,9,17H2,(H,18,19,20). The Labute approximate surface area is 132 Å². The highest BCUT2D eigenvalue weighted by atomic mass is 16.6. The van der Waals surface area contributed by atoms with Crippen molar-refractivity contribution in [3.8, 4) is 11.4 Å². The largest absolute Gasteiger partial charge is 0.321 e. The molecule has 2 aromatic carbocycles. The van der Waals surface area contributed by atoms with Crippen LogP contribution in [0.15, 0.2) is 54.6 Å². The summed E-state index contributed by atoms with van der Waals surface area (Å²) in [6.07, 6.45) is 0.629. The van der Waals surface area contributed by atoms with E-state index in [-0.39, 0.29) is 11.7 Å². The lowest BCUT2D eigenvalue weighted by molar-refractivity contribution is -0.384. The molecule has 3 aromatic rings. The first-order chi connectivity index (χ1) is 11.1. The topological polar surface area (TPSA) is 111 Å². The van der Waals surface area contributed by atoms with Gasteiger partial charge in [0, 0.05) is 17.7 Å². The van der Waals surface area contributed by atoms with Gasteiger partial charge in [-0.15, -0.1) is 0 Å². The maximum atomic E-state index is 10.8. The molecule has 0 spiro atoms. The maximum absolute atomic E-state index is 10.8. The van der Waals surface area contributed by atoms with Gasteiger partial charge in [0.1, 0.15) is 5.82 Å². The molecule has 1 atom stereocenters. The van der Waals surface area contributed by atoms with Crippen LogP contribution in [0.25, 0.3) is 11.4 Å². The fraction of sp³-hybridized carbons (Fsp3) is 0.125. The number of aromatic amines is 1. The Morgan fingerprint density at radius 2 is 1.96 bits per heavy atom. The van der Waals surface area contributed by atoms with Gasteiger partial charge in [-0.05, 0) is 12.0 Å². The van der Waals surface area contributed by atoms with Gasteiger partial charge in [0.15, 0.2) is 5.82 Å². The number of hydrogen-bond acceptors (Lipinski definition) is 5. The highest BCUT2D eigenvalue weighted by molar-refractivity contribution is 5.58. The molecular formula is C16H15N5O2. The van der Waals surface area contributed by atoms with Crippen molar-refractivity contribution in [2.45, 2.75) is 12.5 Å². The Bertz CT molecular complexity index is 816. The molecule has 1 aromatic heterocycles. The molecule has 0 bridgehead atoms. The summed E-state index contributed by atoms with van der Waals surface area (Å²) in [6, 6.07) is 15.7. The average Bonchev–Trinajstić information content (AvgIpc) is 3.06. The third-order valence-corrected chi connectivity index (χ3v) is 3.47. The zero-order chi connectivity index (χ0) is 16.2. The number of nitrogens with zero attached hydrogens (tertiary/aromatic N) is 3. The third kappa shape index (κ3) is 3.41. The van der Waals surface area contributed by atoms with Crippen molar-refractivity contribution in [2.75, 3.05) is 0 Å². The van der Waals surface area contributed by atoms with E-state index in [0.29, 0.717) is 23.6 Å². The van der Waals surface area contributed by atoms with E-state index >= 15 is 0 Å². The normalized spacial score (nSPS) is 12.0. The molecule has 1 heterocycles. The summed E-state index contributed by atoms with van der Waals surface area (Å²) in [6.45, 7) is 0. The molecule has 116 valence electrons. The highest BCUT2D eigenvalue weighted by Crippen LogP contribution is 2.22. The molecule has 0 saturated carbocycles. The summed E-state index contributed by atoms with van der Waals surface area (Å²) in [7, 11) is 0. The van der Waals surface area contributed by atoms with E-state index in [2.05, 4.69) is 15.2 Å². The third-order valence-electron chi connectivity index (χ3n) is 3.47. The quantitative estimate of drug-likeness (QED) is 0.556. The highest BCUT2D eigenvalue weighted by Gasteiger charge is 2.15. The molecule has 0 aliphatic carbocycles. The molecular weight excluding hydrogens is 294 g/mol. The van der Waals surface area contributed by atoms with Crippen LogP contribution >= 0.6 is 0 Å². The Kier molecular flexibility index (Phi) is 4.11. The Hall–Kier alpha value is -3.06. The molecule has 1 unspecified atom stereocenters. The molecule has 7 heteroatoms. The van der Waals surface area contributed by atoms with E-state index in [4.69, 9.17) is 5.73 Å². The predicted molar refractivity (Wildman–Crippen MR) is 85.5 cm³/mol. The number of aromatic nitrogens is 3. The van der Waals surface area contributed by atoms with Crippen molar-refractivity contribution in [1.82, 2.24) is 15.2 Å². The number of nitrogens with one attached hydrogen (secondary N) is 1. The van der Waals surface area contributed by atoms with Crippen molar-refractivity contribution in [1.29, 1.82) is 0 Å². The van der Waals surface area contributed by atoms with E-state index in [9.17, 15) is 10.1 Å². The van der Waals surface area contributed by atoms with Crippen LogP contribution in [0, 0.1) is 10.1 Å². The van der Waals surface area contributed by atoms with E-state index in [1.165, 1.54) is 12.1 Å². The van der Waals surface area contributed by atoms with Gasteiger partial charge in [-0.1, -0.05) is 42.5 Å². The van der Waals surface area contributed by atoms with Gasteiger partial charge >= 0.3 is 0 Å². The Morgan fingerprint density at radius 1 is 1.17 bits per heavy atom. The number of benzene rings is 2. The van der Waals surface area contributed by atoms with Crippen LogP contribution in [0.2, 0.25) is 0 Å². The van der Waals surface area contributed by atoms with Crippen molar-refractivity contribution >= 4 is 5.69 Å². The van der Waals surface area contributed by atoms with Gasteiger partial charge < -0.3 is 5.73 Å². The summed E-state index contributed by atoms with van der Waals surface area (Å²) in [5.41, 5.74) is 7.84. The summed E-state index contributed by atoms with van der Waals surface area (Å²) in [4.78, 5) is 14.8. The smallest absolute Gasteiger partial charge is 0.270 e. The van der Waals surface area contributed by atoms with E-state index in [1.54, 1.807) is 12.1 Å². The van der Waals surface area contributed by atoms with Gasteiger partial charge in [0.25, 0.3) is 5.69 Å². The number of hydrogen-bond donors (Lipinski definition) is 2. The van der Waals surface area contributed by atoms with Crippen LogP contribution in [-0.2, 0) is 6.42 Å². The van der Waals surface area contributed by atoms with E-state index < -0.39 is 4.92 Å². The first kappa shape index (κ1) is 14.9. The summed E-state index contributed by atoms with van der Waals surface area (Å²) >= 11 is 0. The average molecular weight is 309 g/mol.